The van der Waals surface area contributed by atoms with E-state index in [-0.39, 0.29) is 17.4 Å². The number of hydrogen-bond donors (Lipinski definition) is 1. The third-order valence-corrected chi connectivity index (χ3v) is 7.24. The van der Waals surface area contributed by atoms with Crippen molar-refractivity contribution in [2.75, 3.05) is 0 Å². The molecule has 8 heteroatoms. The van der Waals surface area contributed by atoms with Crippen molar-refractivity contribution in [2.45, 2.75) is 77.5 Å². The molecule has 0 aliphatic heterocycles. The van der Waals surface area contributed by atoms with E-state index in [0.717, 1.165) is 53.5 Å². The maximum atomic E-state index is 13.6. The van der Waals surface area contributed by atoms with Crippen molar-refractivity contribution in [3.8, 4) is 0 Å². The van der Waals surface area contributed by atoms with Crippen molar-refractivity contribution in [1.29, 1.82) is 0 Å². The van der Waals surface area contributed by atoms with E-state index in [2.05, 4.69) is 38.4 Å². The Labute approximate surface area is 210 Å². The molecule has 5 rings (SSSR count). The number of tetrazole rings is 1. The lowest BCUT2D eigenvalue weighted by Gasteiger charge is -2.31. The maximum absolute atomic E-state index is 13.6. The fourth-order valence-electron chi connectivity index (χ4n) is 5.39. The Morgan fingerprint density at radius 3 is 2.64 bits per heavy atom. The first-order valence-electron chi connectivity index (χ1n) is 12.9. The van der Waals surface area contributed by atoms with E-state index in [4.69, 9.17) is 0 Å². The number of H-pyrrole nitrogens is 1. The summed E-state index contributed by atoms with van der Waals surface area (Å²) in [5, 5.41) is 14.0. The van der Waals surface area contributed by atoms with Crippen molar-refractivity contribution >= 4 is 10.9 Å². The smallest absolute Gasteiger partial charge is 0.252 e. The van der Waals surface area contributed by atoms with E-state index in [9.17, 15) is 9.18 Å². The monoisotopic (exact) mass is 488 g/mol. The van der Waals surface area contributed by atoms with Crippen LogP contribution in [0.15, 0.2) is 53.3 Å². The molecule has 36 heavy (non-hydrogen) atoms. The van der Waals surface area contributed by atoms with Crippen LogP contribution in [0.4, 0.5) is 4.39 Å². The van der Waals surface area contributed by atoms with E-state index < -0.39 is 0 Å². The Kier molecular flexibility index (Phi) is 7.23. The Bertz CT molecular complexity index is 1370. The Hall–Kier alpha value is -3.39. The van der Waals surface area contributed by atoms with Gasteiger partial charge in [-0.25, -0.2) is 9.07 Å². The summed E-state index contributed by atoms with van der Waals surface area (Å²) in [5.41, 5.74) is 3.54. The normalized spacial score (nSPS) is 15.2. The van der Waals surface area contributed by atoms with E-state index in [1.54, 1.807) is 12.1 Å². The van der Waals surface area contributed by atoms with Gasteiger partial charge in [0.2, 0.25) is 0 Å². The van der Waals surface area contributed by atoms with Gasteiger partial charge in [0.05, 0.1) is 12.1 Å². The molecule has 2 aromatic carbocycles. The first-order chi connectivity index (χ1) is 17.5. The molecular formula is C28H33FN6O. The zero-order chi connectivity index (χ0) is 25.1. The van der Waals surface area contributed by atoms with Crippen LogP contribution in [0.1, 0.15) is 80.0 Å². The molecule has 1 fully saturated rings. The van der Waals surface area contributed by atoms with Gasteiger partial charge >= 0.3 is 0 Å². The molecule has 188 valence electrons. The number of benzene rings is 2. The molecule has 2 heterocycles. The molecule has 7 nitrogen and oxygen atoms in total. The lowest BCUT2D eigenvalue weighted by molar-refractivity contribution is 0.153. The molecule has 0 radical (unpaired) electrons. The highest BCUT2D eigenvalue weighted by molar-refractivity contribution is 5.79. The fraction of sp³-hybridized carbons (Fsp3) is 0.429. The van der Waals surface area contributed by atoms with Gasteiger partial charge in [0.1, 0.15) is 5.82 Å². The van der Waals surface area contributed by atoms with E-state index in [1.165, 1.54) is 25.0 Å². The molecule has 0 unspecified atom stereocenters. The Balaban J connectivity index is 1.55. The van der Waals surface area contributed by atoms with Gasteiger partial charge in [-0.15, -0.1) is 5.10 Å². The van der Waals surface area contributed by atoms with Gasteiger partial charge in [-0.05, 0) is 77.9 Å². The van der Waals surface area contributed by atoms with Gasteiger partial charge in [0, 0.05) is 24.2 Å². The highest BCUT2D eigenvalue weighted by atomic mass is 19.1. The first-order valence-corrected chi connectivity index (χ1v) is 12.9. The number of aromatic nitrogens is 5. The first kappa shape index (κ1) is 24.3. The highest BCUT2D eigenvalue weighted by Crippen LogP contribution is 2.34. The standard InChI is InChI=1S/C28H33FN6O/c1-3-6-26(27-31-32-33-35(27)24-7-4-5-8-24)34(17-20-10-12-23(29)13-11-20)18-22-16-21-15-19(2)9-14-25(21)30-28(22)36/h9-16,24,26H,3-8,17-18H2,1-2H3,(H,30,36)/t26-/m0/s1. The summed E-state index contributed by atoms with van der Waals surface area (Å²) in [5.74, 6) is 0.584. The van der Waals surface area contributed by atoms with Crippen LogP contribution in [0, 0.1) is 12.7 Å². The van der Waals surface area contributed by atoms with Gasteiger partial charge in [0.15, 0.2) is 5.82 Å². The molecule has 0 amide bonds. The van der Waals surface area contributed by atoms with Crippen LogP contribution < -0.4 is 5.56 Å². The fourth-order valence-corrected chi connectivity index (χ4v) is 5.39. The third-order valence-electron chi connectivity index (χ3n) is 7.24. The predicted molar refractivity (Wildman–Crippen MR) is 138 cm³/mol. The van der Waals surface area contributed by atoms with Gasteiger partial charge in [-0.2, -0.15) is 0 Å². The van der Waals surface area contributed by atoms with E-state index >= 15 is 0 Å². The van der Waals surface area contributed by atoms with Crippen LogP contribution in [-0.4, -0.2) is 30.1 Å². The summed E-state index contributed by atoms with van der Waals surface area (Å²) in [6, 6.07) is 14.8. The molecule has 2 aromatic heterocycles. The van der Waals surface area contributed by atoms with Crippen molar-refractivity contribution in [2.24, 2.45) is 0 Å². The van der Waals surface area contributed by atoms with Gasteiger partial charge in [-0.1, -0.05) is 49.9 Å². The summed E-state index contributed by atoms with van der Waals surface area (Å²) >= 11 is 0. The van der Waals surface area contributed by atoms with Crippen LogP contribution in [0.2, 0.25) is 0 Å². The van der Waals surface area contributed by atoms with E-state index in [0.29, 0.717) is 24.7 Å². The topological polar surface area (TPSA) is 79.7 Å². The van der Waals surface area contributed by atoms with Crippen molar-refractivity contribution < 1.29 is 4.39 Å². The molecule has 1 aliphatic rings. The number of halogens is 1. The number of pyridine rings is 1. The average Bonchev–Trinajstić information content (AvgIpc) is 3.56. The number of fused-ring (bicyclic) bond motifs is 1. The second-order valence-corrected chi connectivity index (χ2v) is 9.97. The van der Waals surface area contributed by atoms with Crippen LogP contribution in [0.5, 0.6) is 0 Å². The number of nitrogens with one attached hydrogen (secondary N) is 1. The lowest BCUT2D eigenvalue weighted by atomic mass is 10.0. The van der Waals surface area contributed by atoms with Gasteiger partial charge < -0.3 is 4.98 Å². The number of rotatable bonds is 9. The minimum atomic E-state index is -0.262. The Morgan fingerprint density at radius 2 is 1.89 bits per heavy atom. The van der Waals surface area contributed by atoms with Crippen molar-refractivity contribution in [1.82, 2.24) is 30.1 Å². The molecule has 1 aliphatic carbocycles. The van der Waals surface area contributed by atoms with Gasteiger partial charge in [-0.3, -0.25) is 9.69 Å². The number of hydrogen-bond acceptors (Lipinski definition) is 5. The quantitative estimate of drug-likeness (QED) is 0.331. The summed E-state index contributed by atoms with van der Waals surface area (Å²) in [7, 11) is 0. The van der Waals surface area contributed by atoms with Gasteiger partial charge in [0.25, 0.3) is 5.56 Å². The average molecular weight is 489 g/mol. The molecule has 0 spiro atoms. The number of aryl methyl sites for hydroxylation is 1. The summed E-state index contributed by atoms with van der Waals surface area (Å²) in [4.78, 5) is 18.4. The van der Waals surface area contributed by atoms with Crippen LogP contribution in [-0.2, 0) is 13.1 Å². The summed E-state index contributed by atoms with van der Waals surface area (Å²) < 4.78 is 15.7. The molecular weight excluding hydrogens is 455 g/mol. The maximum Gasteiger partial charge on any atom is 0.252 e. The predicted octanol–water partition coefficient (Wildman–Crippen LogP) is 5.62. The number of nitrogens with zero attached hydrogens (tertiary/aromatic N) is 5. The third kappa shape index (κ3) is 5.23. The minimum Gasteiger partial charge on any atom is -0.322 e. The van der Waals surface area contributed by atoms with Crippen LogP contribution in [0.25, 0.3) is 10.9 Å². The number of aromatic amines is 1. The summed E-state index contributed by atoms with van der Waals surface area (Å²) in [6.07, 6.45) is 6.33. The SMILES string of the molecule is CCC[C@@H](c1nnnn1C1CCCC1)N(Cc1ccc(F)cc1)Cc1cc2cc(C)ccc2[nH]c1=O. The second kappa shape index (κ2) is 10.7. The molecule has 1 N–H and O–H groups in total. The zero-order valence-corrected chi connectivity index (χ0v) is 21.0. The largest absolute Gasteiger partial charge is 0.322 e. The Morgan fingerprint density at radius 1 is 1.11 bits per heavy atom. The molecule has 1 atom stereocenters. The molecule has 0 saturated heterocycles. The van der Waals surface area contributed by atoms with Crippen molar-refractivity contribution in [3.05, 3.63) is 87.2 Å². The molecule has 1 saturated carbocycles. The molecule has 4 aromatic rings. The lowest BCUT2D eigenvalue weighted by Crippen LogP contribution is -2.33. The second-order valence-electron chi connectivity index (χ2n) is 9.97. The van der Waals surface area contributed by atoms with Crippen LogP contribution >= 0.6 is 0 Å². The van der Waals surface area contributed by atoms with Crippen molar-refractivity contribution in [3.63, 3.8) is 0 Å². The molecule has 0 bridgehead atoms. The van der Waals surface area contributed by atoms with Crippen LogP contribution in [0.3, 0.4) is 0 Å². The van der Waals surface area contributed by atoms with E-state index in [1.807, 2.05) is 29.8 Å². The highest BCUT2D eigenvalue weighted by Gasteiger charge is 2.30. The minimum absolute atomic E-state index is 0.0803. The summed E-state index contributed by atoms with van der Waals surface area (Å²) in [6.45, 7) is 5.18. The zero-order valence-electron chi connectivity index (χ0n) is 21.0.